The first kappa shape index (κ1) is 57.5. The van der Waals surface area contributed by atoms with Gasteiger partial charge in [-0.15, -0.1) is 0 Å². The van der Waals surface area contributed by atoms with E-state index in [2.05, 4.69) is 42.7 Å². The lowest BCUT2D eigenvalue weighted by molar-refractivity contribution is -0.216. The second-order valence-corrected chi connectivity index (χ2v) is 18.7. The number of ether oxygens (including phenoxy) is 2. The van der Waals surface area contributed by atoms with Gasteiger partial charge in [-0.2, -0.15) is 0 Å². The van der Waals surface area contributed by atoms with Crippen molar-refractivity contribution < 1.29 is 76.9 Å². The fourth-order valence-electron chi connectivity index (χ4n) is 6.94. The Morgan fingerprint density at radius 2 is 0.951 bits per heavy atom. The number of phosphoric acid groups is 2. The summed E-state index contributed by atoms with van der Waals surface area (Å²) in [7, 11) is -10.7. The molecule has 1 rings (SSSR count). The van der Waals surface area contributed by atoms with Crippen LogP contribution >= 0.6 is 15.6 Å². The van der Waals surface area contributed by atoms with E-state index in [0.717, 1.165) is 70.6 Å². The molecule has 0 bridgehead atoms. The molecule has 0 heterocycles. The van der Waals surface area contributed by atoms with E-state index in [1.54, 1.807) is 0 Å². The zero-order valence-electron chi connectivity index (χ0n) is 36.8. The summed E-state index contributed by atoms with van der Waals surface area (Å²) in [5.74, 6) is -1.22. The van der Waals surface area contributed by atoms with Gasteiger partial charge in [0.05, 0.1) is 6.61 Å². The van der Waals surface area contributed by atoms with Gasteiger partial charge in [-0.25, -0.2) is 9.13 Å². The van der Waals surface area contributed by atoms with E-state index in [0.29, 0.717) is 12.8 Å². The Kier molecular flexibility index (Phi) is 32.8. The molecule has 0 spiro atoms. The number of unbranched alkanes of at least 4 members (excludes halogenated alkanes) is 20. The smallest absolute Gasteiger partial charge is 0.462 e. The molecule has 0 aliphatic heterocycles. The Bertz CT molecular complexity index is 1290. The van der Waals surface area contributed by atoms with Crippen molar-refractivity contribution in [1.82, 2.24) is 0 Å². The topological polar surface area (TPSA) is 256 Å². The fraction of sp³-hybridized carbons (Fsp3) is 0.860. The van der Waals surface area contributed by atoms with Gasteiger partial charge >= 0.3 is 27.6 Å². The van der Waals surface area contributed by atoms with Gasteiger partial charge in [-0.3, -0.25) is 23.2 Å². The van der Waals surface area contributed by atoms with E-state index in [1.807, 2.05) is 0 Å². The molecule has 1 aliphatic carbocycles. The van der Waals surface area contributed by atoms with Crippen LogP contribution in [0.5, 0.6) is 0 Å². The quantitative estimate of drug-likeness (QED) is 0.0133. The second kappa shape index (κ2) is 34.8. The number of allylic oxidation sites excluding steroid dienone is 4. The molecule has 0 aromatic rings. The maximum absolute atomic E-state index is 13.0. The minimum absolute atomic E-state index is 0.0306. The molecule has 1 saturated carbocycles. The van der Waals surface area contributed by atoms with Crippen molar-refractivity contribution in [2.75, 3.05) is 13.2 Å². The van der Waals surface area contributed by atoms with Gasteiger partial charge in [0.15, 0.2) is 6.10 Å². The average molecular weight is 915 g/mol. The predicted molar refractivity (Wildman–Crippen MR) is 232 cm³/mol. The summed E-state index contributed by atoms with van der Waals surface area (Å²) in [6.45, 7) is 3.06. The molecule has 61 heavy (non-hydrogen) atoms. The molecular weight excluding hydrogens is 834 g/mol. The molecule has 8 atom stereocenters. The zero-order valence-corrected chi connectivity index (χ0v) is 38.6. The number of carbonyl (C=O) groups is 2. The summed E-state index contributed by atoms with van der Waals surface area (Å²) in [6, 6.07) is 0. The highest BCUT2D eigenvalue weighted by Crippen LogP contribution is 2.49. The number of phosphoric ester groups is 2. The number of esters is 2. The molecule has 358 valence electrons. The lowest BCUT2D eigenvalue weighted by Crippen LogP contribution is -2.64. The lowest BCUT2D eigenvalue weighted by Gasteiger charge is -2.43. The Balaban J connectivity index is 2.62. The molecule has 0 radical (unpaired) electrons. The standard InChI is InChI=1S/C43H80O16P2/c1-3-5-7-9-11-13-15-17-18-20-22-24-26-28-30-32-37(45)57-35(33-55-36(44)31-29-27-25-23-21-19-16-14-12-10-8-6-4-2)34-56-61(53,54)59-43-40(48)38(46)39(47)42(41(43)49)58-60(50,51)52/h11,13,17-18,35,38-43,46-49H,3-10,12,14-16,19-34H2,1-2H3,(H,53,54)(H2,50,51,52). The maximum Gasteiger partial charge on any atom is 0.472 e. The first-order valence-corrected chi connectivity index (χ1v) is 25.9. The van der Waals surface area contributed by atoms with Crippen molar-refractivity contribution in [1.29, 1.82) is 0 Å². The third-order valence-corrected chi connectivity index (χ3v) is 12.0. The minimum Gasteiger partial charge on any atom is -0.462 e. The van der Waals surface area contributed by atoms with Crippen molar-refractivity contribution in [2.45, 2.75) is 224 Å². The van der Waals surface area contributed by atoms with E-state index < -0.39 is 83.5 Å². The van der Waals surface area contributed by atoms with Crippen molar-refractivity contribution in [3.05, 3.63) is 24.3 Å². The van der Waals surface area contributed by atoms with Crippen LogP contribution in [0.2, 0.25) is 0 Å². The van der Waals surface area contributed by atoms with Crippen LogP contribution in [0.1, 0.15) is 181 Å². The predicted octanol–water partition coefficient (Wildman–Crippen LogP) is 8.17. The second-order valence-electron chi connectivity index (χ2n) is 16.1. The van der Waals surface area contributed by atoms with Crippen LogP contribution < -0.4 is 0 Å². The molecule has 7 N–H and O–H groups in total. The summed E-state index contributed by atoms with van der Waals surface area (Å²) in [6.07, 6.45) is 20.0. The molecule has 1 fully saturated rings. The third-order valence-electron chi connectivity index (χ3n) is 10.5. The first-order chi connectivity index (χ1) is 29.1. The number of hydrogen-bond donors (Lipinski definition) is 7. The van der Waals surface area contributed by atoms with Crippen molar-refractivity contribution in [2.24, 2.45) is 0 Å². The number of aliphatic hydroxyl groups excluding tert-OH is 4. The van der Waals surface area contributed by atoms with E-state index in [9.17, 15) is 44.0 Å². The third kappa shape index (κ3) is 29.5. The van der Waals surface area contributed by atoms with Gasteiger partial charge in [-0.05, 0) is 44.9 Å². The zero-order chi connectivity index (χ0) is 45.4. The van der Waals surface area contributed by atoms with Crippen molar-refractivity contribution in [3.8, 4) is 0 Å². The molecule has 0 aromatic carbocycles. The number of rotatable bonds is 38. The highest BCUT2D eigenvalue weighted by molar-refractivity contribution is 7.47. The molecule has 0 amide bonds. The SMILES string of the molecule is CCCCCC=CCC=CCCCCCCCC(=O)OC(COC(=O)CCCCCCCCCCCCCCC)COP(=O)(O)OC1C(O)C(O)C(O)C(OP(=O)(O)O)C1O. The molecule has 16 nitrogen and oxygen atoms in total. The van der Waals surface area contributed by atoms with Crippen LogP contribution in [0.3, 0.4) is 0 Å². The van der Waals surface area contributed by atoms with Crippen molar-refractivity contribution >= 4 is 27.6 Å². The normalized spacial score (nSPS) is 22.4. The van der Waals surface area contributed by atoms with Crippen LogP contribution in [0, 0.1) is 0 Å². The van der Waals surface area contributed by atoms with Crippen molar-refractivity contribution in [3.63, 3.8) is 0 Å². The van der Waals surface area contributed by atoms with Gasteiger partial charge in [0.2, 0.25) is 0 Å². The van der Waals surface area contributed by atoms with Gasteiger partial charge in [0.25, 0.3) is 0 Å². The Morgan fingerprint density at radius 1 is 0.525 bits per heavy atom. The maximum atomic E-state index is 13.0. The largest absolute Gasteiger partial charge is 0.472 e. The van der Waals surface area contributed by atoms with E-state index in [1.165, 1.54) is 70.6 Å². The van der Waals surface area contributed by atoms with Crippen LogP contribution in [-0.4, -0.2) is 103 Å². The van der Waals surface area contributed by atoms with Crippen LogP contribution in [0.4, 0.5) is 0 Å². The van der Waals surface area contributed by atoms with Gasteiger partial charge < -0.3 is 44.6 Å². The Hall–Kier alpha value is -1.52. The van der Waals surface area contributed by atoms with E-state index >= 15 is 0 Å². The molecular formula is C43H80O16P2. The van der Waals surface area contributed by atoms with Gasteiger partial charge in [-0.1, -0.05) is 147 Å². The molecule has 8 unspecified atom stereocenters. The lowest BCUT2D eigenvalue weighted by atomic mass is 9.85. The summed E-state index contributed by atoms with van der Waals surface area (Å²) < 4.78 is 49.3. The molecule has 0 aromatic heterocycles. The van der Waals surface area contributed by atoms with Crippen LogP contribution in [0.25, 0.3) is 0 Å². The van der Waals surface area contributed by atoms with Gasteiger partial charge in [0, 0.05) is 12.8 Å². The highest BCUT2D eigenvalue weighted by atomic mass is 31.2. The molecule has 0 saturated heterocycles. The van der Waals surface area contributed by atoms with E-state index in [4.69, 9.17) is 28.3 Å². The summed E-state index contributed by atoms with van der Waals surface area (Å²) in [4.78, 5) is 54.2. The van der Waals surface area contributed by atoms with Crippen LogP contribution in [0.15, 0.2) is 24.3 Å². The first-order valence-electron chi connectivity index (χ1n) is 22.9. The number of aliphatic hydroxyl groups is 4. The average Bonchev–Trinajstić information content (AvgIpc) is 3.21. The Labute approximate surface area is 364 Å². The van der Waals surface area contributed by atoms with Gasteiger partial charge in [0.1, 0.15) is 43.2 Å². The minimum atomic E-state index is -5.36. The number of hydrogen-bond acceptors (Lipinski definition) is 13. The molecule has 18 heteroatoms. The molecule has 1 aliphatic rings. The monoisotopic (exact) mass is 914 g/mol. The summed E-state index contributed by atoms with van der Waals surface area (Å²) in [5, 5.41) is 41.2. The highest BCUT2D eigenvalue weighted by Gasteiger charge is 2.54. The Morgan fingerprint density at radius 3 is 1.46 bits per heavy atom. The fourth-order valence-corrected chi connectivity index (χ4v) is 8.48. The van der Waals surface area contributed by atoms with Crippen LogP contribution in [-0.2, 0) is 41.8 Å². The summed E-state index contributed by atoms with van der Waals surface area (Å²) in [5.41, 5.74) is 0. The van der Waals surface area contributed by atoms with E-state index in [-0.39, 0.29) is 12.8 Å². The number of carbonyl (C=O) groups excluding carboxylic acids is 2. The summed E-state index contributed by atoms with van der Waals surface area (Å²) >= 11 is 0.